The van der Waals surface area contributed by atoms with E-state index in [1.807, 2.05) is 19.9 Å². The van der Waals surface area contributed by atoms with Crippen LogP contribution in [0.5, 0.6) is 5.75 Å². The van der Waals surface area contributed by atoms with Crippen LogP contribution in [0, 0.1) is 11.6 Å². The second-order valence-electron chi connectivity index (χ2n) is 6.08. The van der Waals surface area contributed by atoms with Gasteiger partial charge in [0.1, 0.15) is 13.2 Å². The number of ether oxygens (including phenoxy) is 1. The molecule has 0 spiro atoms. The minimum atomic E-state index is -0.383. The van der Waals surface area contributed by atoms with Crippen LogP contribution < -0.4 is 10.4 Å². The molecule has 152 valence electrons. The number of hydrogen-bond donors (Lipinski definition) is 0. The summed E-state index contributed by atoms with van der Waals surface area (Å²) in [6.07, 6.45) is 0. The maximum atomic E-state index is 12.2. The second-order valence-corrected chi connectivity index (χ2v) is 6.93. The highest BCUT2D eigenvalue weighted by atomic mass is 35.5. The fourth-order valence-corrected chi connectivity index (χ4v) is 3.05. The van der Waals surface area contributed by atoms with Gasteiger partial charge in [-0.1, -0.05) is 22.8 Å². The quantitative estimate of drug-likeness (QED) is 0.419. The largest absolute Gasteiger partial charge is 0.483 e. The van der Waals surface area contributed by atoms with Crippen LogP contribution in [-0.4, -0.2) is 32.1 Å². The van der Waals surface area contributed by atoms with E-state index < -0.39 is 0 Å². The second kappa shape index (κ2) is 9.11. The van der Waals surface area contributed by atoms with Crippen LogP contribution in [0.15, 0.2) is 46.3 Å². The van der Waals surface area contributed by atoms with Crippen molar-refractivity contribution in [3.63, 3.8) is 0 Å². The van der Waals surface area contributed by atoms with Gasteiger partial charge in [0.25, 0.3) is 5.02 Å². The zero-order valence-corrected chi connectivity index (χ0v) is 17.7. The summed E-state index contributed by atoms with van der Waals surface area (Å²) in [4.78, 5) is 17.3. The molecule has 10 heteroatoms. The number of aryl methyl sites for hydroxylation is 1. The summed E-state index contributed by atoms with van der Waals surface area (Å²) < 4.78 is 8.21. The first kappa shape index (κ1) is 20.9. The molecule has 0 aliphatic rings. The van der Waals surface area contributed by atoms with E-state index in [4.69, 9.17) is 32.8 Å². The maximum absolute atomic E-state index is 12.2. The third-order valence-electron chi connectivity index (χ3n) is 4.11. The van der Waals surface area contributed by atoms with Crippen LogP contribution in [0.4, 0.5) is 0 Å². The van der Waals surface area contributed by atoms with Gasteiger partial charge in [0.15, 0.2) is 17.4 Å². The molecule has 0 amide bonds. The molecule has 0 atom stereocenters. The number of benzene rings is 2. The Bertz CT molecular complexity index is 1110. The molecule has 2 aromatic carbocycles. The van der Waals surface area contributed by atoms with E-state index in [9.17, 15) is 4.79 Å². The number of hydrogen-bond acceptors (Lipinski definition) is 6. The Kier molecular flexibility index (Phi) is 6.56. The summed E-state index contributed by atoms with van der Waals surface area (Å²) in [7, 11) is 1.52. The third-order valence-corrected chi connectivity index (χ3v) is 4.78. The summed E-state index contributed by atoms with van der Waals surface area (Å²) in [6.45, 7) is 4.31. The Balaban J connectivity index is 1.86. The lowest BCUT2D eigenvalue weighted by Gasteiger charge is -2.12. The summed E-state index contributed by atoms with van der Waals surface area (Å²) in [5, 5.41) is 12.6. The zero-order valence-electron chi connectivity index (χ0n) is 16.1. The standard InChI is InChI=1S/C19H20Cl2N5O3/c1-4-29-22-12(2)13-8-9-18(16(21)10-13)28-11-14-15(20)6-5-7-17(14)26-19(27)25(3)23-24-26/h5-10,21H,4,11H2,1-3H3/q+1/b22-12-. The van der Waals surface area contributed by atoms with E-state index in [0.29, 0.717) is 33.7 Å². The minimum Gasteiger partial charge on any atom is -0.483 e. The van der Waals surface area contributed by atoms with Crippen LogP contribution in [0.3, 0.4) is 0 Å². The normalized spacial score (nSPS) is 11.6. The lowest BCUT2D eigenvalue weighted by Crippen LogP contribution is -2.23. The minimum absolute atomic E-state index is 0.104. The molecule has 8 nitrogen and oxygen atoms in total. The molecule has 0 unspecified atom stereocenters. The van der Waals surface area contributed by atoms with Crippen molar-refractivity contribution in [2.75, 3.05) is 6.61 Å². The number of tetrazole rings is 1. The number of rotatable bonds is 7. The van der Waals surface area contributed by atoms with E-state index in [0.717, 1.165) is 16.0 Å². The predicted octanol–water partition coefficient (Wildman–Crippen LogP) is 2.66. The smallest absolute Gasteiger partial charge is 0.368 e. The number of oxime groups is 1. The van der Waals surface area contributed by atoms with Crippen molar-refractivity contribution < 1.29 is 21.2 Å². The molecule has 29 heavy (non-hydrogen) atoms. The van der Waals surface area contributed by atoms with Gasteiger partial charge in [-0.25, -0.2) is 4.79 Å². The van der Waals surface area contributed by atoms with E-state index >= 15 is 0 Å². The predicted molar refractivity (Wildman–Crippen MR) is 107 cm³/mol. The fourth-order valence-electron chi connectivity index (χ4n) is 2.57. The maximum Gasteiger partial charge on any atom is 0.368 e. The molecule has 0 saturated heterocycles. The van der Waals surface area contributed by atoms with E-state index in [1.165, 1.54) is 11.7 Å². The molecule has 0 N–H and O–H groups in total. The monoisotopic (exact) mass is 436 g/mol. The average molecular weight is 437 g/mol. The molecule has 3 rings (SSSR count). The molecule has 1 heterocycles. The van der Waals surface area contributed by atoms with Crippen molar-refractivity contribution >= 4 is 17.3 Å². The van der Waals surface area contributed by atoms with Crippen LogP contribution in [-0.2, 0) is 18.5 Å². The van der Waals surface area contributed by atoms with Crippen molar-refractivity contribution in [3.05, 3.63) is 68.1 Å². The summed E-state index contributed by atoms with van der Waals surface area (Å²) >= 11 is 11.8. The van der Waals surface area contributed by atoms with Gasteiger partial charge in [-0.05, 0) is 48.5 Å². The average Bonchev–Trinajstić information content (AvgIpc) is 3.04. The number of aromatic nitrogens is 4. The highest BCUT2D eigenvalue weighted by Crippen LogP contribution is 2.27. The highest BCUT2D eigenvalue weighted by Gasteiger charge is 2.17. The van der Waals surface area contributed by atoms with Crippen LogP contribution in [0.25, 0.3) is 5.69 Å². The van der Waals surface area contributed by atoms with Crippen molar-refractivity contribution in [2.24, 2.45) is 12.2 Å². The third kappa shape index (κ3) is 4.60. The van der Waals surface area contributed by atoms with Gasteiger partial charge in [0, 0.05) is 29.3 Å². The van der Waals surface area contributed by atoms with Crippen LogP contribution in [0.1, 0.15) is 25.0 Å². The van der Waals surface area contributed by atoms with Crippen LogP contribution >= 0.6 is 11.6 Å². The van der Waals surface area contributed by atoms with Gasteiger partial charge >= 0.3 is 5.69 Å². The molecular formula is C19H20Cl2N5O3+. The van der Waals surface area contributed by atoms with Crippen molar-refractivity contribution in [2.45, 2.75) is 20.5 Å². The topological polar surface area (TPSA) is 83.5 Å². The molecule has 3 aromatic rings. The Morgan fingerprint density at radius 1 is 1.28 bits per heavy atom. The van der Waals surface area contributed by atoms with Crippen LogP contribution in [0.2, 0.25) is 10.0 Å². The number of nitrogens with zero attached hydrogens (tertiary/aromatic N) is 5. The first-order chi connectivity index (χ1) is 13.9. The SMILES string of the molecule is CCO/N=C(/C)c1ccc(OCc2c(Cl)cccc2-n2nnn(C)c2=O)c([ClH+])c1. The molecule has 0 radical (unpaired) electrons. The Morgan fingerprint density at radius 2 is 2.07 bits per heavy atom. The Hall–Kier alpha value is -2.84. The van der Waals surface area contributed by atoms with Gasteiger partial charge in [-0.3, -0.25) is 0 Å². The summed E-state index contributed by atoms with van der Waals surface area (Å²) in [5.74, 6) is 0.519. The lowest BCUT2D eigenvalue weighted by atomic mass is 10.1. The molecular weight excluding hydrogens is 417 g/mol. The Labute approximate surface area is 177 Å². The van der Waals surface area contributed by atoms with Crippen molar-refractivity contribution in [1.82, 2.24) is 19.8 Å². The first-order valence-electron chi connectivity index (χ1n) is 8.80. The van der Waals surface area contributed by atoms with Gasteiger partial charge in [0.05, 0.1) is 11.4 Å². The molecule has 0 fully saturated rings. The lowest BCUT2D eigenvalue weighted by molar-refractivity contribution is -0.291. The summed E-state index contributed by atoms with van der Waals surface area (Å²) in [5.41, 5.74) is 2.29. The van der Waals surface area contributed by atoms with E-state index in [1.54, 1.807) is 30.3 Å². The van der Waals surface area contributed by atoms with Gasteiger partial charge in [-0.15, -0.1) is 0 Å². The van der Waals surface area contributed by atoms with Gasteiger partial charge < -0.3 is 9.57 Å². The molecule has 1 aromatic heterocycles. The summed E-state index contributed by atoms with van der Waals surface area (Å²) in [6, 6.07) is 10.6. The molecule has 0 bridgehead atoms. The van der Waals surface area contributed by atoms with E-state index in [2.05, 4.69) is 15.6 Å². The first-order valence-corrected chi connectivity index (χ1v) is 9.58. The molecule has 0 saturated carbocycles. The van der Waals surface area contributed by atoms with Crippen molar-refractivity contribution in [3.8, 4) is 11.4 Å². The van der Waals surface area contributed by atoms with E-state index in [-0.39, 0.29) is 12.3 Å². The Morgan fingerprint density at radius 3 is 2.72 bits per heavy atom. The molecule has 0 aliphatic carbocycles. The highest BCUT2D eigenvalue weighted by molar-refractivity contribution is 6.31. The van der Waals surface area contributed by atoms with Crippen molar-refractivity contribution in [1.29, 1.82) is 0 Å². The fraction of sp³-hybridized carbons (Fsp3) is 0.263. The number of halogens is 2. The van der Waals surface area contributed by atoms with Gasteiger partial charge in [0.2, 0.25) is 0 Å². The zero-order chi connectivity index (χ0) is 21.0. The van der Waals surface area contributed by atoms with Gasteiger partial charge in [-0.2, -0.15) is 9.36 Å². The molecule has 0 aliphatic heterocycles.